The van der Waals surface area contributed by atoms with Gasteiger partial charge < -0.3 is 69.2 Å². The van der Waals surface area contributed by atoms with Crippen LogP contribution in [0.4, 0.5) is 9.59 Å². The number of aromatic amines is 1. The SMILES string of the molecule is C\C=C/C=C(\C=C/C)CC1NC(=O)C(O)N(O)C(=O)C(NC(=O)C(CCCNC(N)=O)NC(C)=O)OOOC(C(=O)O)NC(=O)C(Cc2c[nH]c3ccccc23)NC(=O)C(CCCNC(N)=O)NC1=O. The van der Waals surface area contributed by atoms with Crippen molar-refractivity contribution in [1.29, 1.82) is 0 Å². The molecule has 2 heterocycles. The number of hydroxylamine groups is 2. The Morgan fingerprint density at radius 2 is 1.47 bits per heavy atom. The zero-order valence-corrected chi connectivity index (χ0v) is 38.2. The quantitative estimate of drug-likeness (QED) is 0.0316. The van der Waals surface area contributed by atoms with E-state index in [1.165, 1.54) is 6.20 Å². The number of nitrogens with zero attached hydrogens (tertiary/aromatic N) is 1. The smallest absolute Gasteiger partial charge is 0.357 e. The topological polar surface area (TPSA) is 426 Å². The summed E-state index contributed by atoms with van der Waals surface area (Å²) in [5.74, 6) is -10.8. The average molecular weight is 987 g/mol. The molecular formula is C42H58N12O16. The number of carboxylic acid groups (broad SMARTS) is 1. The molecule has 16 N–H and O–H groups in total. The largest absolute Gasteiger partial charge is 0.478 e. The summed E-state index contributed by atoms with van der Waals surface area (Å²) >= 11 is 0. The lowest BCUT2D eigenvalue weighted by Crippen LogP contribution is -2.60. The molecule has 70 heavy (non-hydrogen) atoms. The number of aliphatic hydroxyl groups is 1. The third-order valence-electron chi connectivity index (χ3n) is 9.91. The fraction of sp³-hybridized carbons (Fsp3) is 0.429. The molecule has 382 valence electrons. The first-order chi connectivity index (χ1) is 33.2. The number of para-hydroxylation sites is 1. The van der Waals surface area contributed by atoms with Gasteiger partial charge in [-0.05, 0) is 56.7 Å². The molecule has 3 rings (SSSR count). The molecule has 0 spiro atoms. The maximum absolute atomic E-state index is 14.3. The van der Waals surface area contributed by atoms with Gasteiger partial charge in [0, 0.05) is 50.0 Å². The minimum atomic E-state index is -2.92. The van der Waals surface area contributed by atoms with E-state index in [9.17, 15) is 63.4 Å². The molecule has 2 aromatic rings. The predicted octanol–water partition coefficient (Wildman–Crippen LogP) is -2.57. The van der Waals surface area contributed by atoms with Crippen LogP contribution >= 0.6 is 0 Å². The third kappa shape index (κ3) is 18.3. The number of benzene rings is 1. The summed E-state index contributed by atoms with van der Waals surface area (Å²) in [7, 11) is 0. The number of hydrogen-bond donors (Lipinski definition) is 14. The van der Waals surface area contributed by atoms with Crippen LogP contribution < -0.4 is 54.0 Å². The van der Waals surface area contributed by atoms with Crippen molar-refractivity contribution in [2.75, 3.05) is 13.1 Å². The van der Waals surface area contributed by atoms with Crippen LogP contribution in [-0.2, 0) is 59.6 Å². The number of carbonyl (C=O) groups is 10. The van der Waals surface area contributed by atoms with E-state index in [1.807, 2.05) is 10.6 Å². The highest BCUT2D eigenvalue weighted by atomic mass is 17.5. The lowest BCUT2D eigenvalue weighted by molar-refractivity contribution is -0.534. The number of carbonyl (C=O) groups excluding carboxylic acids is 9. The predicted molar refractivity (Wildman–Crippen MR) is 241 cm³/mol. The highest BCUT2D eigenvalue weighted by Crippen LogP contribution is 2.20. The van der Waals surface area contributed by atoms with Crippen LogP contribution in [0.1, 0.15) is 58.4 Å². The highest BCUT2D eigenvalue weighted by Gasteiger charge is 2.39. The number of urea groups is 2. The van der Waals surface area contributed by atoms with Crippen molar-refractivity contribution in [1.82, 2.24) is 52.6 Å². The summed E-state index contributed by atoms with van der Waals surface area (Å²) in [4.78, 5) is 143. The number of H-pyrrole nitrogens is 1. The fourth-order valence-electron chi connectivity index (χ4n) is 6.58. The van der Waals surface area contributed by atoms with E-state index < -0.39 is 107 Å². The molecule has 1 aromatic carbocycles. The van der Waals surface area contributed by atoms with Gasteiger partial charge in [-0.15, -0.1) is 0 Å². The average Bonchev–Trinajstić information content (AvgIpc) is 3.72. The van der Waals surface area contributed by atoms with Crippen molar-refractivity contribution in [3.63, 3.8) is 0 Å². The highest BCUT2D eigenvalue weighted by molar-refractivity contribution is 5.97. The van der Waals surface area contributed by atoms with Crippen LogP contribution in [0.3, 0.4) is 0 Å². The Morgan fingerprint density at radius 3 is 2.11 bits per heavy atom. The number of aliphatic hydroxyl groups excluding tert-OH is 1. The van der Waals surface area contributed by atoms with E-state index in [2.05, 4.69) is 41.9 Å². The number of hydrogen-bond acceptors (Lipinski definition) is 15. The molecule has 0 bridgehead atoms. The molecule has 1 aliphatic heterocycles. The summed E-state index contributed by atoms with van der Waals surface area (Å²) in [6.45, 7) is 4.22. The van der Waals surface area contributed by atoms with Crippen LogP contribution in [0.2, 0.25) is 0 Å². The van der Waals surface area contributed by atoms with Crippen LogP contribution in [0.5, 0.6) is 0 Å². The lowest BCUT2D eigenvalue weighted by Gasteiger charge is -2.28. The third-order valence-corrected chi connectivity index (χ3v) is 9.91. The molecular weight excluding hydrogens is 929 g/mol. The van der Waals surface area contributed by atoms with Gasteiger partial charge >= 0.3 is 23.9 Å². The van der Waals surface area contributed by atoms with E-state index in [1.54, 1.807) is 68.5 Å². The van der Waals surface area contributed by atoms with Gasteiger partial charge in [0.25, 0.3) is 12.1 Å². The van der Waals surface area contributed by atoms with E-state index in [0.717, 1.165) is 6.92 Å². The summed E-state index contributed by atoms with van der Waals surface area (Å²) in [6.07, 6.45) is 0.255. The number of carboxylic acids is 1. The number of nitrogens with two attached hydrogens (primary N) is 2. The molecule has 1 aromatic heterocycles. The van der Waals surface area contributed by atoms with Gasteiger partial charge in [0.2, 0.25) is 42.0 Å². The minimum absolute atomic E-state index is 0.00875. The van der Waals surface area contributed by atoms with Crippen molar-refractivity contribution < 1.29 is 78.2 Å². The van der Waals surface area contributed by atoms with E-state index in [4.69, 9.17) is 21.2 Å². The van der Waals surface area contributed by atoms with Gasteiger partial charge in [0.1, 0.15) is 24.2 Å². The number of rotatable bonds is 18. The zero-order valence-electron chi connectivity index (χ0n) is 38.2. The molecule has 0 saturated carbocycles. The molecule has 1 saturated heterocycles. The fourth-order valence-corrected chi connectivity index (χ4v) is 6.58. The summed E-state index contributed by atoms with van der Waals surface area (Å²) < 4.78 is 0. The van der Waals surface area contributed by atoms with Gasteiger partial charge in [0.05, 0.1) is 0 Å². The van der Waals surface area contributed by atoms with Gasteiger partial charge in [0.15, 0.2) is 0 Å². The van der Waals surface area contributed by atoms with Crippen molar-refractivity contribution in [2.45, 2.75) is 102 Å². The Balaban J connectivity index is 2.17. The monoisotopic (exact) mass is 986 g/mol. The second kappa shape index (κ2) is 28.4. The minimum Gasteiger partial charge on any atom is -0.478 e. The number of fused-ring (bicyclic) bond motifs is 1. The summed E-state index contributed by atoms with van der Waals surface area (Å²) in [6, 6.07) is -1.39. The summed E-state index contributed by atoms with van der Waals surface area (Å²) in [5, 5.41) is 54.5. The van der Waals surface area contributed by atoms with Crippen molar-refractivity contribution in [2.24, 2.45) is 11.5 Å². The molecule has 1 aliphatic rings. The van der Waals surface area contributed by atoms with Crippen molar-refractivity contribution in [3.8, 4) is 0 Å². The van der Waals surface area contributed by atoms with Gasteiger partial charge in [-0.2, -0.15) is 14.8 Å². The Hall–Kier alpha value is -7.92. The van der Waals surface area contributed by atoms with Crippen LogP contribution in [0, 0.1) is 0 Å². The number of primary amides is 2. The Kier molecular flexibility index (Phi) is 22.9. The molecule has 7 unspecified atom stereocenters. The number of amides is 11. The Morgan fingerprint density at radius 1 is 0.843 bits per heavy atom. The lowest BCUT2D eigenvalue weighted by atomic mass is 10.0. The van der Waals surface area contributed by atoms with Gasteiger partial charge in [-0.1, -0.05) is 53.6 Å². The zero-order chi connectivity index (χ0) is 51.9. The standard InChI is InChI=1S/C42H58N12O16/c1-4-6-12-23(11-5-2)19-29-33(58)49-28(16-10-18-46-42(44)66)31(56)50-30(20-24-21-47-26-14-8-7-13-25(24)26)34(59)53-37(40(63)64)69-70-68-36(39(62)54(67)38(61)35(60)51-29)52-32(57)27(48-22(3)55)15-9-17-45-41(43)65/h4-8,11-14,21,27-30,36-38,47,61,67H,9-10,15-20H2,1-3H3,(H,48,55)(H,49,58)(H,50,56)(H,51,60)(H,52,57)(H,53,59)(H,63,64)(H3,43,45,65)(H3,44,46,66)/b6-4-,11-5-,23-12+. The molecule has 0 radical (unpaired) electrons. The van der Waals surface area contributed by atoms with Crippen LogP contribution in [0.15, 0.2) is 66.4 Å². The summed E-state index contributed by atoms with van der Waals surface area (Å²) in [5.41, 5.74) is 11.7. The second-order valence-electron chi connectivity index (χ2n) is 15.3. The number of nitrogens with one attached hydrogen (secondary N) is 9. The Labute approximate surface area is 399 Å². The molecule has 28 heteroatoms. The van der Waals surface area contributed by atoms with Crippen molar-refractivity contribution >= 4 is 70.3 Å². The number of aliphatic carboxylic acids is 1. The number of allylic oxidation sites excluding steroid dienone is 5. The van der Waals surface area contributed by atoms with E-state index in [-0.39, 0.29) is 51.6 Å². The maximum Gasteiger partial charge on any atom is 0.357 e. The molecule has 28 nitrogen and oxygen atoms in total. The number of aromatic nitrogens is 1. The molecule has 7 atom stereocenters. The first-order valence-corrected chi connectivity index (χ1v) is 21.5. The molecule has 1 fully saturated rings. The Bertz CT molecular complexity index is 2300. The van der Waals surface area contributed by atoms with E-state index in [0.29, 0.717) is 22.0 Å². The molecule has 11 amide bonds. The van der Waals surface area contributed by atoms with E-state index >= 15 is 0 Å². The normalized spacial score (nSPS) is 21.9. The first kappa shape index (κ1) is 56.4. The van der Waals surface area contributed by atoms with Crippen LogP contribution in [-0.4, -0.2) is 141 Å². The van der Waals surface area contributed by atoms with Crippen molar-refractivity contribution in [3.05, 3.63) is 72.0 Å². The maximum atomic E-state index is 14.3. The van der Waals surface area contributed by atoms with Gasteiger partial charge in [-0.3, -0.25) is 38.8 Å². The van der Waals surface area contributed by atoms with Crippen LogP contribution in [0.25, 0.3) is 10.9 Å². The molecule has 0 aliphatic carbocycles. The first-order valence-electron chi connectivity index (χ1n) is 21.5. The van der Waals surface area contributed by atoms with Gasteiger partial charge in [-0.25, -0.2) is 14.4 Å². The second-order valence-corrected chi connectivity index (χ2v) is 15.3.